The van der Waals surface area contributed by atoms with Crippen LogP contribution in [-0.4, -0.2) is 63.8 Å². The second-order valence-corrected chi connectivity index (χ2v) is 10.7. The summed E-state index contributed by atoms with van der Waals surface area (Å²) in [4.78, 5) is 38.3. The van der Waals surface area contributed by atoms with Crippen LogP contribution in [0.1, 0.15) is 25.8 Å². The number of aromatic nitrogens is 2. The first-order valence-corrected chi connectivity index (χ1v) is 13.6. The molecule has 0 bridgehead atoms. The Bertz CT molecular complexity index is 1430. The molecule has 4 heterocycles. The van der Waals surface area contributed by atoms with Gasteiger partial charge in [-0.1, -0.05) is 37.0 Å². The van der Waals surface area contributed by atoms with Crippen LogP contribution in [0.3, 0.4) is 0 Å². The van der Waals surface area contributed by atoms with E-state index < -0.39 is 0 Å². The molecular formula is C27H29N5O3S2. The van der Waals surface area contributed by atoms with E-state index in [-0.39, 0.29) is 17.5 Å². The summed E-state index contributed by atoms with van der Waals surface area (Å²) < 4.78 is 7.33. The van der Waals surface area contributed by atoms with Crippen molar-refractivity contribution < 1.29 is 9.53 Å². The molecule has 2 aliphatic heterocycles. The van der Waals surface area contributed by atoms with Gasteiger partial charge >= 0.3 is 0 Å². The van der Waals surface area contributed by atoms with Crippen molar-refractivity contribution in [3.63, 3.8) is 0 Å². The van der Waals surface area contributed by atoms with Gasteiger partial charge in [0, 0.05) is 44.1 Å². The second kappa shape index (κ2) is 10.5. The van der Waals surface area contributed by atoms with Gasteiger partial charge in [0.05, 0.1) is 17.6 Å². The van der Waals surface area contributed by atoms with Crippen molar-refractivity contribution in [2.45, 2.75) is 26.3 Å². The van der Waals surface area contributed by atoms with Crippen LogP contribution in [0.2, 0.25) is 0 Å². The number of thiocarbonyl (C=S) groups is 1. The van der Waals surface area contributed by atoms with Crippen molar-refractivity contribution in [1.82, 2.24) is 14.3 Å². The fraction of sp³-hybridized carbons (Fsp3) is 0.333. The van der Waals surface area contributed by atoms with Crippen molar-refractivity contribution in [2.24, 2.45) is 0 Å². The molecule has 2 fully saturated rings. The van der Waals surface area contributed by atoms with E-state index in [9.17, 15) is 9.59 Å². The number of hydrogen-bond donors (Lipinski definition) is 0. The topological polar surface area (TPSA) is 70.4 Å². The maximum absolute atomic E-state index is 13.6. The molecule has 3 aromatic rings. The highest BCUT2D eigenvalue weighted by Gasteiger charge is 2.35. The van der Waals surface area contributed by atoms with Crippen LogP contribution >= 0.6 is 24.0 Å². The molecule has 2 aromatic heterocycles. The number of piperazine rings is 1. The summed E-state index contributed by atoms with van der Waals surface area (Å²) in [7, 11) is 1.66. The van der Waals surface area contributed by atoms with Crippen LogP contribution in [-0.2, 0) is 4.79 Å². The Labute approximate surface area is 225 Å². The van der Waals surface area contributed by atoms with Gasteiger partial charge in [0.15, 0.2) is 0 Å². The lowest BCUT2D eigenvalue weighted by Gasteiger charge is -2.37. The summed E-state index contributed by atoms with van der Waals surface area (Å²) in [5.74, 6) is 1.27. The number of carbonyl (C=O) groups is 1. The average molecular weight is 536 g/mol. The van der Waals surface area contributed by atoms with Gasteiger partial charge in [-0.25, -0.2) is 4.98 Å². The maximum Gasteiger partial charge on any atom is 0.267 e. The van der Waals surface area contributed by atoms with Crippen molar-refractivity contribution in [3.05, 3.63) is 69.5 Å². The number of thioether (sulfide) groups is 1. The monoisotopic (exact) mass is 535 g/mol. The predicted molar refractivity (Wildman–Crippen MR) is 154 cm³/mol. The SMILES string of the molecule is CCC(C)N1C(=O)/C(=C/c2c(N3CCN(c4ccc(OC)cc4)CC3)nc3ccccn3c2=O)SC1=S. The molecule has 37 heavy (non-hydrogen) atoms. The zero-order valence-electron chi connectivity index (χ0n) is 21.1. The Morgan fingerprint density at radius 3 is 2.46 bits per heavy atom. The zero-order valence-corrected chi connectivity index (χ0v) is 22.7. The third-order valence-electron chi connectivity index (χ3n) is 6.90. The smallest absolute Gasteiger partial charge is 0.267 e. The number of methoxy groups -OCH3 is 1. The molecule has 1 aromatic carbocycles. The third-order valence-corrected chi connectivity index (χ3v) is 8.23. The Balaban J connectivity index is 1.49. The van der Waals surface area contributed by atoms with E-state index in [1.54, 1.807) is 30.3 Å². The molecule has 0 aliphatic carbocycles. The molecule has 2 saturated heterocycles. The summed E-state index contributed by atoms with van der Waals surface area (Å²) >= 11 is 6.75. The van der Waals surface area contributed by atoms with Gasteiger partial charge < -0.3 is 14.5 Å². The summed E-state index contributed by atoms with van der Waals surface area (Å²) in [6.07, 6.45) is 4.18. The Hall–Kier alpha value is -3.37. The minimum Gasteiger partial charge on any atom is -0.497 e. The standard InChI is InChI=1S/C27H29N5O3S2/c1-4-18(2)32-26(34)22(37-27(32)36)17-21-24(28-23-7-5-6-12-31(23)25(21)33)30-15-13-29(14-16-30)19-8-10-20(35-3)11-9-19/h5-12,17-18H,4,13-16H2,1-3H3/b22-17-. The largest absolute Gasteiger partial charge is 0.497 e. The summed E-state index contributed by atoms with van der Waals surface area (Å²) in [5, 5.41) is 0. The average Bonchev–Trinajstić information content (AvgIpc) is 3.22. The van der Waals surface area contributed by atoms with Gasteiger partial charge in [-0.2, -0.15) is 0 Å². The highest BCUT2D eigenvalue weighted by atomic mass is 32.2. The van der Waals surface area contributed by atoms with Crippen molar-refractivity contribution in [2.75, 3.05) is 43.1 Å². The number of rotatable bonds is 6. The van der Waals surface area contributed by atoms with Gasteiger partial charge in [-0.3, -0.25) is 18.9 Å². The number of benzene rings is 1. The molecule has 1 unspecified atom stereocenters. The quantitative estimate of drug-likeness (QED) is 0.346. The molecule has 8 nitrogen and oxygen atoms in total. The first-order valence-electron chi connectivity index (χ1n) is 12.3. The highest BCUT2D eigenvalue weighted by molar-refractivity contribution is 8.26. The third kappa shape index (κ3) is 4.83. The molecular weight excluding hydrogens is 506 g/mol. The van der Waals surface area contributed by atoms with Gasteiger partial charge in [-0.05, 0) is 55.8 Å². The first-order chi connectivity index (χ1) is 17.9. The zero-order chi connectivity index (χ0) is 26.1. The van der Waals surface area contributed by atoms with E-state index in [1.807, 2.05) is 38.1 Å². The van der Waals surface area contributed by atoms with E-state index in [0.717, 1.165) is 30.9 Å². The number of anilines is 2. The summed E-state index contributed by atoms with van der Waals surface area (Å²) in [6, 6.07) is 13.5. The molecule has 0 radical (unpaired) electrons. The number of pyridine rings is 1. The summed E-state index contributed by atoms with van der Waals surface area (Å²) in [5.41, 5.74) is 1.91. The Kier molecular flexibility index (Phi) is 7.21. The molecule has 10 heteroatoms. The molecule has 1 atom stereocenters. The van der Waals surface area contributed by atoms with E-state index >= 15 is 0 Å². The number of ether oxygens (including phenoxy) is 1. The minimum atomic E-state index is -0.202. The van der Waals surface area contributed by atoms with Crippen molar-refractivity contribution >= 4 is 57.4 Å². The van der Waals surface area contributed by atoms with Gasteiger partial charge in [-0.15, -0.1) is 0 Å². The van der Waals surface area contributed by atoms with E-state index in [2.05, 4.69) is 21.9 Å². The second-order valence-electron chi connectivity index (χ2n) is 9.06. The minimum absolute atomic E-state index is 0.000252. The molecule has 0 spiro atoms. The Morgan fingerprint density at radius 1 is 1.08 bits per heavy atom. The number of nitrogens with zero attached hydrogens (tertiary/aromatic N) is 5. The lowest BCUT2D eigenvalue weighted by molar-refractivity contribution is -0.123. The van der Waals surface area contributed by atoms with E-state index in [0.29, 0.717) is 39.3 Å². The van der Waals surface area contributed by atoms with Crippen LogP contribution in [0.25, 0.3) is 11.7 Å². The normalized spacial score (nSPS) is 18.2. The lowest BCUT2D eigenvalue weighted by atomic mass is 10.2. The van der Waals surface area contributed by atoms with Crippen LogP contribution in [0.5, 0.6) is 5.75 Å². The van der Waals surface area contributed by atoms with Crippen LogP contribution < -0.4 is 20.1 Å². The molecule has 0 N–H and O–H groups in total. The predicted octanol–water partition coefficient (Wildman–Crippen LogP) is 4.03. The van der Waals surface area contributed by atoms with E-state index in [4.69, 9.17) is 21.9 Å². The number of fused-ring (bicyclic) bond motifs is 1. The maximum atomic E-state index is 13.6. The van der Waals surface area contributed by atoms with Crippen molar-refractivity contribution in [1.29, 1.82) is 0 Å². The number of amides is 1. The molecule has 5 rings (SSSR count). The highest BCUT2D eigenvalue weighted by Crippen LogP contribution is 2.35. The number of hydrogen-bond acceptors (Lipinski definition) is 8. The van der Waals surface area contributed by atoms with E-state index in [1.165, 1.54) is 16.2 Å². The van der Waals surface area contributed by atoms with Crippen molar-refractivity contribution in [3.8, 4) is 5.75 Å². The molecule has 192 valence electrons. The van der Waals surface area contributed by atoms with Crippen LogP contribution in [0, 0.1) is 0 Å². The fourth-order valence-corrected chi connectivity index (χ4v) is 6.05. The van der Waals surface area contributed by atoms with Gasteiger partial charge in [0.2, 0.25) is 0 Å². The van der Waals surface area contributed by atoms with Gasteiger partial charge in [0.1, 0.15) is 21.5 Å². The van der Waals surface area contributed by atoms with Crippen LogP contribution in [0.15, 0.2) is 58.4 Å². The first kappa shape index (κ1) is 25.3. The molecule has 1 amide bonds. The van der Waals surface area contributed by atoms with Crippen LogP contribution in [0.4, 0.5) is 11.5 Å². The summed E-state index contributed by atoms with van der Waals surface area (Å²) in [6.45, 7) is 6.94. The van der Waals surface area contributed by atoms with Gasteiger partial charge in [0.25, 0.3) is 11.5 Å². The molecule has 0 saturated carbocycles. The molecule has 2 aliphatic rings. The number of carbonyl (C=O) groups excluding carboxylic acids is 1. The fourth-order valence-electron chi connectivity index (χ4n) is 4.60. The lowest BCUT2D eigenvalue weighted by Crippen LogP contribution is -2.47. The Morgan fingerprint density at radius 2 is 1.78 bits per heavy atom.